The van der Waals surface area contributed by atoms with Gasteiger partial charge in [-0.15, -0.1) is 0 Å². The van der Waals surface area contributed by atoms with Gasteiger partial charge in [0.15, 0.2) is 0 Å². The second-order valence-corrected chi connectivity index (χ2v) is 6.65. The lowest BCUT2D eigenvalue weighted by Crippen LogP contribution is -2.62. The van der Waals surface area contributed by atoms with Crippen molar-refractivity contribution in [3.05, 3.63) is 0 Å². The summed E-state index contributed by atoms with van der Waals surface area (Å²) in [6.07, 6.45) is 3.32. The smallest absolute Gasteiger partial charge is 0.242 e. The van der Waals surface area contributed by atoms with Gasteiger partial charge in [-0.1, -0.05) is 0 Å². The van der Waals surface area contributed by atoms with Crippen molar-refractivity contribution in [2.45, 2.75) is 50.7 Å². The quantitative estimate of drug-likeness (QED) is 0.735. The minimum atomic E-state index is -0.437. The first kappa shape index (κ1) is 14.8. The Labute approximate surface area is 124 Å². The van der Waals surface area contributed by atoms with Crippen LogP contribution < -0.4 is 0 Å². The molecule has 1 saturated carbocycles. The van der Waals surface area contributed by atoms with E-state index in [4.69, 9.17) is 0 Å². The van der Waals surface area contributed by atoms with E-state index in [0.29, 0.717) is 45.3 Å². The van der Waals surface area contributed by atoms with E-state index in [1.54, 1.807) is 9.80 Å². The fourth-order valence-electron chi connectivity index (χ4n) is 3.87. The maximum absolute atomic E-state index is 12.3. The second kappa shape index (κ2) is 5.57. The Kier molecular flexibility index (Phi) is 3.92. The van der Waals surface area contributed by atoms with E-state index in [2.05, 4.69) is 0 Å². The number of aliphatic hydroxyl groups excluding tert-OH is 2. The molecule has 2 N–H and O–H groups in total. The van der Waals surface area contributed by atoms with Gasteiger partial charge in [0.2, 0.25) is 11.8 Å². The van der Waals surface area contributed by atoms with Gasteiger partial charge in [0.1, 0.15) is 0 Å². The van der Waals surface area contributed by atoms with Crippen LogP contribution in [0.5, 0.6) is 0 Å². The molecule has 118 valence electrons. The summed E-state index contributed by atoms with van der Waals surface area (Å²) in [4.78, 5) is 27.5. The van der Waals surface area contributed by atoms with Gasteiger partial charge in [-0.05, 0) is 25.7 Å². The highest BCUT2D eigenvalue weighted by molar-refractivity contribution is 5.85. The summed E-state index contributed by atoms with van der Waals surface area (Å²) in [7, 11) is 0. The third-order valence-electron chi connectivity index (χ3n) is 5.57. The summed E-state index contributed by atoms with van der Waals surface area (Å²) in [5.41, 5.74) is -0.391. The van der Waals surface area contributed by atoms with Gasteiger partial charge in [-0.25, -0.2) is 0 Å². The van der Waals surface area contributed by atoms with Crippen LogP contribution in [0.2, 0.25) is 0 Å². The number of piperidine rings is 2. The second-order valence-electron chi connectivity index (χ2n) is 6.65. The molecule has 1 aliphatic carbocycles. The monoisotopic (exact) mass is 296 g/mol. The van der Waals surface area contributed by atoms with Crippen molar-refractivity contribution < 1.29 is 19.8 Å². The summed E-state index contributed by atoms with van der Waals surface area (Å²) in [5, 5.41) is 19.8. The summed E-state index contributed by atoms with van der Waals surface area (Å²) in [6, 6.07) is 0. The molecule has 21 heavy (non-hydrogen) atoms. The Bertz CT molecular complexity index is 421. The molecule has 3 fully saturated rings. The predicted octanol–water partition coefficient (Wildman–Crippen LogP) is -0.267. The molecule has 3 rings (SSSR count). The van der Waals surface area contributed by atoms with E-state index in [9.17, 15) is 19.8 Å². The predicted molar refractivity (Wildman–Crippen MR) is 75.3 cm³/mol. The van der Waals surface area contributed by atoms with E-state index in [-0.39, 0.29) is 18.4 Å². The van der Waals surface area contributed by atoms with Gasteiger partial charge in [0, 0.05) is 37.9 Å². The lowest BCUT2D eigenvalue weighted by atomic mass is 9.58. The van der Waals surface area contributed by atoms with Crippen molar-refractivity contribution in [1.29, 1.82) is 0 Å². The van der Waals surface area contributed by atoms with Crippen molar-refractivity contribution in [2.24, 2.45) is 5.41 Å². The molecule has 0 bridgehead atoms. The first-order chi connectivity index (χ1) is 10.0. The number of amides is 2. The summed E-state index contributed by atoms with van der Waals surface area (Å²) in [6.45, 7) is 1.99. The van der Waals surface area contributed by atoms with Gasteiger partial charge < -0.3 is 20.0 Å². The number of likely N-dealkylation sites (tertiary alicyclic amines) is 2. The van der Waals surface area contributed by atoms with E-state index in [1.807, 2.05) is 0 Å². The first-order valence-corrected chi connectivity index (χ1v) is 7.94. The zero-order valence-corrected chi connectivity index (χ0v) is 12.3. The number of rotatable bonds is 2. The lowest BCUT2D eigenvalue weighted by Gasteiger charge is -2.55. The Hall–Kier alpha value is -1.14. The summed E-state index contributed by atoms with van der Waals surface area (Å²) < 4.78 is 0. The zero-order chi connectivity index (χ0) is 15.0. The third kappa shape index (κ3) is 2.55. The van der Waals surface area contributed by atoms with Crippen molar-refractivity contribution >= 4 is 11.8 Å². The van der Waals surface area contributed by atoms with Crippen LogP contribution in [-0.4, -0.2) is 70.2 Å². The number of carbonyl (C=O) groups excluding carboxylic acids is 2. The van der Waals surface area contributed by atoms with Gasteiger partial charge in [-0.2, -0.15) is 0 Å². The summed E-state index contributed by atoms with van der Waals surface area (Å²) in [5.74, 6) is 0.0660. The van der Waals surface area contributed by atoms with Crippen LogP contribution >= 0.6 is 0 Å². The van der Waals surface area contributed by atoms with Crippen LogP contribution in [0.4, 0.5) is 0 Å². The molecule has 2 aliphatic heterocycles. The normalized spacial score (nSPS) is 32.2. The van der Waals surface area contributed by atoms with Crippen LogP contribution in [-0.2, 0) is 9.59 Å². The number of carbonyl (C=O) groups is 2. The molecule has 2 atom stereocenters. The number of aliphatic hydroxyl groups is 2. The van der Waals surface area contributed by atoms with Gasteiger partial charge >= 0.3 is 0 Å². The molecular formula is C15H24N2O4. The molecule has 0 radical (unpaired) electrons. The Balaban J connectivity index is 1.52. The molecule has 6 heteroatoms. The molecule has 0 aromatic carbocycles. The molecule has 6 nitrogen and oxygen atoms in total. The fraction of sp³-hybridized carbons (Fsp3) is 0.867. The summed E-state index contributed by atoms with van der Waals surface area (Å²) >= 11 is 0. The average molecular weight is 296 g/mol. The highest BCUT2D eigenvalue weighted by Gasteiger charge is 2.55. The molecule has 1 spiro atoms. The number of nitrogens with zero attached hydrogens (tertiary/aromatic N) is 2. The van der Waals surface area contributed by atoms with E-state index >= 15 is 0 Å². The van der Waals surface area contributed by atoms with E-state index < -0.39 is 17.6 Å². The largest absolute Gasteiger partial charge is 0.392 e. The van der Waals surface area contributed by atoms with Gasteiger partial charge in [-0.3, -0.25) is 9.59 Å². The van der Waals surface area contributed by atoms with Crippen molar-refractivity contribution in [3.8, 4) is 0 Å². The third-order valence-corrected chi connectivity index (χ3v) is 5.57. The van der Waals surface area contributed by atoms with Crippen LogP contribution in [0.3, 0.4) is 0 Å². The van der Waals surface area contributed by atoms with Crippen molar-refractivity contribution in [3.63, 3.8) is 0 Å². The minimum absolute atomic E-state index is 0.0107. The number of hydrogen-bond acceptors (Lipinski definition) is 4. The Morgan fingerprint density at radius 1 is 1.14 bits per heavy atom. The van der Waals surface area contributed by atoms with Crippen LogP contribution in [0, 0.1) is 5.41 Å². The molecule has 2 heterocycles. The highest BCUT2D eigenvalue weighted by Crippen LogP contribution is 2.49. The van der Waals surface area contributed by atoms with Gasteiger partial charge in [0.25, 0.3) is 0 Å². The SMILES string of the molecule is O=C(CN1CCCCC1=O)N1CCC2(CC1)[C@H](O)C[C@@H]2O. The Morgan fingerprint density at radius 3 is 2.38 bits per heavy atom. The Morgan fingerprint density at radius 2 is 1.81 bits per heavy atom. The number of hydrogen-bond donors (Lipinski definition) is 2. The maximum atomic E-state index is 12.3. The molecular weight excluding hydrogens is 272 g/mol. The van der Waals surface area contributed by atoms with Crippen LogP contribution in [0.25, 0.3) is 0 Å². The molecule has 2 saturated heterocycles. The molecule has 0 aromatic rings. The van der Waals surface area contributed by atoms with E-state index in [0.717, 1.165) is 12.8 Å². The van der Waals surface area contributed by atoms with Crippen LogP contribution in [0.1, 0.15) is 38.5 Å². The van der Waals surface area contributed by atoms with E-state index in [1.165, 1.54) is 0 Å². The van der Waals surface area contributed by atoms with Gasteiger partial charge in [0.05, 0.1) is 18.8 Å². The molecule has 0 unspecified atom stereocenters. The maximum Gasteiger partial charge on any atom is 0.242 e. The first-order valence-electron chi connectivity index (χ1n) is 7.94. The van der Waals surface area contributed by atoms with Crippen LogP contribution in [0.15, 0.2) is 0 Å². The highest BCUT2D eigenvalue weighted by atomic mass is 16.3. The topological polar surface area (TPSA) is 81.1 Å². The average Bonchev–Trinajstić information content (AvgIpc) is 2.50. The molecule has 2 amide bonds. The lowest BCUT2D eigenvalue weighted by molar-refractivity contribution is -0.191. The standard InChI is InChI=1S/C15H24N2O4/c18-11-9-12(19)15(11)4-7-16(8-5-15)14(21)10-17-6-2-1-3-13(17)20/h11-12,18-19H,1-10H2/t11-,12+. The molecule has 0 aromatic heterocycles. The zero-order valence-electron chi connectivity index (χ0n) is 12.3. The minimum Gasteiger partial charge on any atom is -0.392 e. The fourth-order valence-corrected chi connectivity index (χ4v) is 3.87. The molecule has 3 aliphatic rings. The van der Waals surface area contributed by atoms with Crippen molar-refractivity contribution in [2.75, 3.05) is 26.2 Å². The van der Waals surface area contributed by atoms with Crippen molar-refractivity contribution in [1.82, 2.24) is 9.80 Å².